The van der Waals surface area contributed by atoms with Crippen LogP contribution in [0.1, 0.15) is 11.1 Å². The summed E-state index contributed by atoms with van der Waals surface area (Å²) >= 11 is 5.91. The second-order valence-electron chi connectivity index (χ2n) is 5.54. The molecule has 1 N–H and O–H groups in total. The van der Waals surface area contributed by atoms with Crippen molar-refractivity contribution in [3.63, 3.8) is 0 Å². The number of benzene rings is 2. The normalized spacial score (nSPS) is 10.5. The fourth-order valence-corrected chi connectivity index (χ4v) is 2.66. The van der Waals surface area contributed by atoms with Gasteiger partial charge in [0.15, 0.2) is 0 Å². The summed E-state index contributed by atoms with van der Waals surface area (Å²) in [6.45, 7) is 0.550. The molecule has 6 heteroatoms. The lowest BCUT2D eigenvalue weighted by Crippen LogP contribution is -2.18. The predicted octanol–water partition coefficient (Wildman–Crippen LogP) is 3.77. The van der Waals surface area contributed by atoms with Crippen molar-refractivity contribution >= 4 is 23.3 Å². The maximum Gasteiger partial charge on any atom is 0.230 e. The molecule has 2 aromatic carbocycles. The molecule has 0 saturated carbocycles. The Morgan fingerprint density at radius 3 is 2.68 bits per heavy atom. The minimum Gasteiger partial charge on any atom is -0.496 e. The van der Waals surface area contributed by atoms with Crippen LogP contribution in [0.25, 0.3) is 0 Å². The number of carbonyl (C=O) groups excluding carboxylic acids is 1. The maximum atomic E-state index is 12.4. The lowest BCUT2D eigenvalue weighted by Gasteiger charge is -2.11. The van der Waals surface area contributed by atoms with Crippen LogP contribution in [0.3, 0.4) is 0 Å². The number of carbonyl (C=O) groups is 1. The first-order chi connectivity index (χ1) is 12.2. The van der Waals surface area contributed by atoms with E-state index in [1.54, 1.807) is 24.1 Å². The summed E-state index contributed by atoms with van der Waals surface area (Å²) in [7, 11) is 1.60. The molecule has 0 atom stereocenters. The number of rotatable bonds is 6. The smallest absolute Gasteiger partial charge is 0.230 e. The molecule has 0 fully saturated rings. The zero-order chi connectivity index (χ0) is 17.6. The number of anilines is 1. The first-order valence-corrected chi connectivity index (χ1v) is 8.21. The van der Waals surface area contributed by atoms with E-state index < -0.39 is 0 Å². The van der Waals surface area contributed by atoms with Gasteiger partial charge in [0.2, 0.25) is 5.91 Å². The van der Waals surface area contributed by atoms with Crippen molar-refractivity contribution in [3.05, 3.63) is 76.9 Å². The van der Waals surface area contributed by atoms with Crippen LogP contribution in [0.15, 0.2) is 60.8 Å². The summed E-state index contributed by atoms with van der Waals surface area (Å²) in [5.41, 5.74) is 1.89. The van der Waals surface area contributed by atoms with Gasteiger partial charge in [0.25, 0.3) is 0 Å². The fraction of sp³-hybridized carbons (Fsp3) is 0.158. The van der Waals surface area contributed by atoms with Gasteiger partial charge in [-0.3, -0.25) is 4.79 Å². The monoisotopic (exact) mass is 355 g/mol. The van der Waals surface area contributed by atoms with Crippen LogP contribution in [0.5, 0.6) is 5.75 Å². The van der Waals surface area contributed by atoms with Gasteiger partial charge in [0.1, 0.15) is 11.6 Å². The van der Waals surface area contributed by atoms with Gasteiger partial charge in [0.05, 0.1) is 26.3 Å². The number of hydrogen-bond acceptors (Lipinski definition) is 3. The van der Waals surface area contributed by atoms with Crippen LogP contribution >= 0.6 is 11.6 Å². The third kappa shape index (κ3) is 4.39. The Bertz CT molecular complexity index is 859. The number of nitrogens with zero attached hydrogens (tertiary/aromatic N) is 2. The van der Waals surface area contributed by atoms with Gasteiger partial charge >= 0.3 is 0 Å². The Hall–Kier alpha value is -2.79. The number of methoxy groups -OCH3 is 1. The molecule has 0 saturated heterocycles. The average Bonchev–Trinajstić information content (AvgIpc) is 3.04. The van der Waals surface area contributed by atoms with Crippen molar-refractivity contribution in [1.82, 2.24) is 9.78 Å². The minimum atomic E-state index is -0.123. The quantitative estimate of drug-likeness (QED) is 0.732. The van der Waals surface area contributed by atoms with E-state index in [-0.39, 0.29) is 12.3 Å². The van der Waals surface area contributed by atoms with Crippen LogP contribution in [-0.2, 0) is 17.8 Å². The molecule has 0 aliphatic rings. The van der Waals surface area contributed by atoms with E-state index in [4.69, 9.17) is 16.3 Å². The van der Waals surface area contributed by atoms with Crippen LogP contribution < -0.4 is 10.1 Å². The van der Waals surface area contributed by atoms with Gasteiger partial charge in [0, 0.05) is 16.7 Å². The Balaban J connectivity index is 1.68. The molecular formula is C19H18ClN3O2. The molecule has 0 spiro atoms. The van der Waals surface area contributed by atoms with E-state index in [9.17, 15) is 4.79 Å². The second-order valence-corrected chi connectivity index (χ2v) is 5.97. The first kappa shape index (κ1) is 17.0. The summed E-state index contributed by atoms with van der Waals surface area (Å²) in [4.78, 5) is 12.4. The van der Waals surface area contributed by atoms with Gasteiger partial charge in [-0.15, -0.1) is 0 Å². The highest BCUT2D eigenvalue weighted by Crippen LogP contribution is 2.19. The van der Waals surface area contributed by atoms with Crippen LogP contribution in [-0.4, -0.2) is 22.8 Å². The van der Waals surface area contributed by atoms with E-state index >= 15 is 0 Å². The highest BCUT2D eigenvalue weighted by atomic mass is 35.5. The first-order valence-electron chi connectivity index (χ1n) is 7.83. The molecular weight excluding hydrogens is 338 g/mol. The van der Waals surface area contributed by atoms with Gasteiger partial charge < -0.3 is 10.1 Å². The highest BCUT2D eigenvalue weighted by Gasteiger charge is 2.11. The van der Waals surface area contributed by atoms with Crippen molar-refractivity contribution in [2.24, 2.45) is 0 Å². The number of para-hydroxylation sites is 1. The summed E-state index contributed by atoms with van der Waals surface area (Å²) in [6, 6.07) is 16.8. The lowest BCUT2D eigenvalue weighted by molar-refractivity contribution is -0.115. The van der Waals surface area contributed by atoms with E-state index in [2.05, 4.69) is 10.4 Å². The molecule has 0 aliphatic carbocycles. The highest BCUT2D eigenvalue weighted by molar-refractivity contribution is 6.30. The molecule has 0 bridgehead atoms. The van der Waals surface area contributed by atoms with Crippen molar-refractivity contribution in [2.45, 2.75) is 13.0 Å². The SMILES string of the molecule is COc1ccccc1CC(=O)Nc1ccnn1Cc1ccc(Cl)cc1. The third-order valence-electron chi connectivity index (χ3n) is 3.77. The third-order valence-corrected chi connectivity index (χ3v) is 4.03. The lowest BCUT2D eigenvalue weighted by atomic mass is 10.1. The standard InChI is InChI=1S/C19H18ClN3O2/c1-25-17-5-3-2-4-15(17)12-19(24)22-18-10-11-21-23(18)13-14-6-8-16(20)9-7-14/h2-11H,12-13H2,1H3,(H,22,24). The molecule has 0 radical (unpaired) electrons. The number of hydrogen-bond donors (Lipinski definition) is 1. The molecule has 3 rings (SSSR count). The fourth-order valence-electron chi connectivity index (χ4n) is 2.54. The number of amides is 1. The number of nitrogens with one attached hydrogen (secondary N) is 1. The Kier molecular flexibility index (Phi) is 5.36. The van der Waals surface area contributed by atoms with E-state index in [1.165, 1.54) is 0 Å². The van der Waals surface area contributed by atoms with Gasteiger partial charge in [-0.05, 0) is 23.8 Å². The summed E-state index contributed by atoms with van der Waals surface area (Å²) < 4.78 is 7.02. The molecule has 0 aliphatic heterocycles. The number of halogens is 1. The molecule has 25 heavy (non-hydrogen) atoms. The van der Waals surface area contributed by atoms with Gasteiger partial charge in [-0.1, -0.05) is 41.9 Å². The molecule has 3 aromatic rings. The second kappa shape index (κ2) is 7.85. The number of ether oxygens (including phenoxy) is 1. The van der Waals surface area contributed by atoms with E-state index in [0.29, 0.717) is 23.1 Å². The molecule has 1 amide bonds. The van der Waals surface area contributed by atoms with Crippen molar-refractivity contribution < 1.29 is 9.53 Å². The predicted molar refractivity (Wildman–Crippen MR) is 98.1 cm³/mol. The van der Waals surface area contributed by atoms with Gasteiger partial charge in [-0.2, -0.15) is 5.10 Å². The largest absolute Gasteiger partial charge is 0.496 e. The molecule has 0 unspecified atom stereocenters. The Labute approximate surface area is 151 Å². The van der Waals surface area contributed by atoms with Crippen molar-refractivity contribution in [1.29, 1.82) is 0 Å². The summed E-state index contributed by atoms with van der Waals surface area (Å²) in [6.07, 6.45) is 1.89. The van der Waals surface area contributed by atoms with E-state index in [1.807, 2.05) is 48.5 Å². The topological polar surface area (TPSA) is 56.1 Å². The van der Waals surface area contributed by atoms with Gasteiger partial charge in [-0.25, -0.2) is 4.68 Å². The maximum absolute atomic E-state index is 12.4. The van der Waals surface area contributed by atoms with Crippen LogP contribution in [0.4, 0.5) is 5.82 Å². The zero-order valence-corrected chi connectivity index (χ0v) is 14.5. The summed E-state index contributed by atoms with van der Waals surface area (Å²) in [5, 5.41) is 7.86. The molecule has 1 heterocycles. The Morgan fingerprint density at radius 2 is 1.92 bits per heavy atom. The minimum absolute atomic E-state index is 0.123. The van der Waals surface area contributed by atoms with Crippen LogP contribution in [0.2, 0.25) is 5.02 Å². The summed E-state index contributed by atoms with van der Waals surface area (Å²) in [5.74, 6) is 1.23. The average molecular weight is 356 g/mol. The van der Waals surface area contributed by atoms with Crippen LogP contribution in [0, 0.1) is 0 Å². The molecule has 5 nitrogen and oxygen atoms in total. The van der Waals surface area contributed by atoms with Crippen molar-refractivity contribution in [3.8, 4) is 5.75 Å². The molecule has 128 valence electrons. The molecule has 1 aromatic heterocycles. The number of aromatic nitrogens is 2. The van der Waals surface area contributed by atoms with E-state index in [0.717, 1.165) is 11.1 Å². The zero-order valence-electron chi connectivity index (χ0n) is 13.8. The van der Waals surface area contributed by atoms with Crippen molar-refractivity contribution in [2.75, 3.05) is 12.4 Å². The Morgan fingerprint density at radius 1 is 1.16 bits per heavy atom.